The predicted octanol–water partition coefficient (Wildman–Crippen LogP) is 6.51. The van der Waals surface area contributed by atoms with Crippen molar-refractivity contribution in [3.63, 3.8) is 0 Å². The third-order valence-corrected chi connectivity index (χ3v) is 6.18. The van der Waals surface area contributed by atoms with E-state index in [-0.39, 0.29) is 0 Å². The number of nitrogen functional groups attached to an aromatic ring is 2. The molecule has 1 aromatic heterocycles. The van der Waals surface area contributed by atoms with Crippen LogP contribution in [0.5, 0.6) is 0 Å². The second-order valence-corrected chi connectivity index (χ2v) is 8.37. The minimum absolute atomic E-state index is 0.474. The fourth-order valence-corrected chi connectivity index (χ4v) is 4.68. The third-order valence-electron chi connectivity index (χ3n) is 6.18. The summed E-state index contributed by atoms with van der Waals surface area (Å²) in [4.78, 5) is 0. The van der Waals surface area contributed by atoms with Crippen LogP contribution in [-0.2, 0) is 0 Å². The lowest BCUT2D eigenvalue weighted by atomic mass is 9.92. The molecule has 6 aromatic rings. The van der Waals surface area contributed by atoms with Gasteiger partial charge < -0.3 is 21.3 Å². The molecular formula is C28H21N3O. The second kappa shape index (κ2) is 6.59. The van der Waals surface area contributed by atoms with Gasteiger partial charge in [-0.1, -0.05) is 24.3 Å². The third kappa shape index (κ3) is 2.66. The summed E-state index contributed by atoms with van der Waals surface area (Å²) in [7, 11) is 0. The Morgan fingerprint density at radius 2 is 1.28 bits per heavy atom. The van der Waals surface area contributed by atoms with Crippen LogP contribution in [-0.4, -0.2) is 0 Å². The van der Waals surface area contributed by atoms with Crippen molar-refractivity contribution in [3.8, 4) is 11.1 Å². The lowest BCUT2D eigenvalue weighted by Crippen LogP contribution is -1.96. The number of fused-ring (bicyclic) bond motifs is 6. The van der Waals surface area contributed by atoms with Crippen LogP contribution in [0.15, 0.2) is 83.3 Å². The number of anilines is 2. The van der Waals surface area contributed by atoms with Crippen LogP contribution in [0.3, 0.4) is 0 Å². The molecule has 0 aliphatic carbocycles. The first-order valence-corrected chi connectivity index (χ1v) is 10.5. The highest BCUT2D eigenvalue weighted by molar-refractivity contribution is 6.20. The summed E-state index contributed by atoms with van der Waals surface area (Å²) in [5.41, 5.74) is 18.8. The zero-order chi connectivity index (χ0) is 22.0. The van der Waals surface area contributed by atoms with Crippen molar-refractivity contribution in [3.05, 3.63) is 89.8 Å². The van der Waals surface area contributed by atoms with Crippen LogP contribution in [0.2, 0.25) is 0 Å². The van der Waals surface area contributed by atoms with Crippen molar-refractivity contribution in [1.29, 1.82) is 5.41 Å². The van der Waals surface area contributed by atoms with Crippen LogP contribution in [0.1, 0.15) is 5.56 Å². The van der Waals surface area contributed by atoms with E-state index in [1.54, 1.807) is 6.07 Å². The molecule has 0 saturated heterocycles. The molecule has 0 bridgehead atoms. The Bertz CT molecular complexity index is 1780. The van der Waals surface area contributed by atoms with Crippen molar-refractivity contribution in [2.75, 3.05) is 11.5 Å². The molecular weight excluding hydrogens is 394 g/mol. The summed E-state index contributed by atoms with van der Waals surface area (Å²) in [5, 5.41) is 14.4. The monoisotopic (exact) mass is 415 g/mol. The molecule has 6 rings (SSSR count). The number of nitrogens with one attached hydrogen (secondary N) is 1. The van der Waals surface area contributed by atoms with Crippen molar-refractivity contribution in [2.24, 2.45) is 0 Å². The van der Waals surface area contributed by atoms with Gasteiger partial charge in [0.2, 0.25) is 0 Å². The molecule has 154 valence electrons. The van der Waals surface area contributed by atoms with Gasteiger partial charge in [0.1, 0.15) is 11.2 Å². The van der Waals surface area contributed by atoms with Gasteiger partial charge in [0.15, 0.2) is 0 Å². The number of rotatable bonds is 1. The van der Waals surface area contributed by atoms with E-state index in [1.165, 1.54) is 0 Å². The fraction of sp³-hybridized carbons (Fsp3) is 0.0357. The minimum atomic E-state index is 0.474. The molecule has 0 radical (unpaired) electrons. The number of aryl methyl sites for hydroxylation is 1. The first-order valence-electron chi connectivity index (χ1n) is 10.5. The summed E-state index contributed by atoms with van der Waals surface area (Å²) in [6, 6.07) is 26.0. The van der Waals surface area contributed by atoms with E-state index in [0.717, 1.165) is 65.9 Å². The Balaban J connectivity index is 1.89. The van der Waals surface area contributed by atoms with Crippen molar-refractivity contribution < 1.29 is 4.42 Å². The Kier molecular flexibility index (Phi) is 3.80. The molecule has 4 nitrogen and oxygen atoms in total. The maximum absolute atomic E-state index is 8.01. The topological polar surface area (TPSA) is 89.0 Å². The number of hydrogen-bond acceptors (Lipinski definition) is 4. The van der Waals surface area contributed by atoms with E-state index in [1.807, 2.05) is 49.4 Å². The Labute approximate surface area is 184 Å². The van der Waals surface area contributed by atoms with Crippen molar-refractivity contribution in [1.82, 2.24) is 0 Å². The van der Waals surface area contributed by atoms with E-state index < -0.39 is 0 Å². The van der Waals surface area contributed by atoms with Crippen LogP contribution in [0.4, 0.5) is 11.4 Å². The number of benzene rings is 5. The van der Waals surface area contributed by atoms with Gasteiger partial charge >= 0.3 is 0 Å². The molecule has 5 aromatic carbocycles. The smallest absolute Gasteiger partial charge is 0.143 e. The summed E-state index contributed by atoms with van der Waals surface area (Å²) in [6.45, 7) is 2.04. The molecule has 0 unspecified atom stereocenters. The zero-order valence-corrected chi connectivity index (χ0v) is 17.6. The average molecular weight is 415 g/mol. The Hall–Kier alpha value is -4.31. The molecule has 4 heteroatoms. The van der Waals surface area contributed by atoms with Gasteiger partial charge in [-0.05, 0) is 77.9 Å². The molecule has 5 N–H and O–H groups in total. The van der Waals surface area contributed by atoms with Gasteiger partial charge in [-0.2, -0.15) is 0 Å². The van der Waals surface area contributed by atoms with E-state index in [2.05, 4.69) is 30.3 Å². The Morgan fingerprint density at radius 3 is 1.97 bits per heavy atom. The largest absolute Gasteiger partial charge is 0.455 e. The minimum Gasteiger partial charge on any atom is -0.455 e. The summed E-state index contributed by atoms with van der Waals surface area (Å²) >= 11 is 0. The molecule has 0 aliphatic rings. The first kappa shape index (κ1) is 18.5. The molecule has 0 amide bonds. The molecule has 1 heterocycles. The lowest BCUT2D eigenvalue weighted by molar-refractivity contribution is 0.669. The predicted molar refractivity (Wildman–Crippen MR) is 134 cm³/mol. The highest BCUT2D eigenvalue weighted by Gasteiger charge is 2.18. The zero-order valence-electron chi connectivity index (χ0n) is 17.6. The summed E-state index contributed by atoms with van der Waals surface area (Å²) in [5.74, 6) is 0. The van der Waals surface area contributed by atoms with Crippen LogP contribution in [0.25, 0.3) is 54.6 Å². The highest BCUT2D eigenvalue weighted by atomic mass is 16.3. The summed E-state index contributed by atoms with van der Waals surface area (Å²) in [6.07, 6.45) is 0. The van der Waals surface area contributed by atoms with E-state index in [4.69, 9.17) is 21.3 Å². The van der Waals surface area contributed by atoms with Crippen molar-refractivity contribution >= 4 is 54.9 Å². The Morgan fingerprint density at radius 1 is 0.656 bits per heavy atom. The number of nitrogens with two attached hydrogens (primary N) is 2. The quantitative estimate of drug-likeness (QED) is 0.162. The molecule has 0 saturated carbocycles. The normalized spacial score (nSPS) is 11.7. The van der Waals surface area contributed by atoms with Gasteiger partial charge in [0, 0.05) is 44.0 Å². The van der Waals surface area contributed by atoms with Gasteiger partial charge in [0.25, 0.3) is 0 Å². The maximum Gasteiger partial charge on any atom is 0.143 e. The van der Waals surface area contributed by atoms with E-state index in [9.17, 15) is 0 Å². The van der Waals surface area contributed by atoms with Gasteiger partial charge in [-0.25, -0.2) is 0 Å². The van der Waals surface area contributed by atoms with E-state index >= 15 is 0 Å². The van der Waals surface area contributed by atoms with Crippen LogP contribution < -0.4 is 16.8 Å². The number of hydrogen-bond donors (Lipinski definition) is 3. The van der Waals surface area contributed by atoms with Crippen LogP contribution in [0, 0.1) is 12.3 Å². The molecule has 0 spiro atoms. The fourth-order valence-electron chi connectivity index (χ4n) is 4.68. The second-order valence-electron chi connectivity index (χ2n) is 8.37. The average Bonchev–Trinajstić information content (AvgIpc) is 2.77. The van der Waals surface area contributed by atoms with Crippen molar-refractivity contribution in [2.45, 2.75) is 6.92 Å². The van der Waals surface area contributed by atoms with Gasteiger partial charge in [0.05, 0.1) is 5.36 Å². The van der Waals surface area contributed by atoms with E-state index in [0.29, 0.717) is 11.0 Å². The SMILES string of the molecule is Cc1ccc(-c2c3ccc4cc(N)ccc4c3oc3c2ccc2cc(=N)ccc23)c(N)c1. The van der Waals surface area contributed by atoms with Gasteiger partial charge in [-0.15, -0.1) is 0 Å². The molecule has 0 aliphatic heterocycles. The molecule has 0 atom stereocenters. The van der Waals surface area contributed by atoms with Crippen LogP contribution >= 0.6 is 0 Å². The first-order chi connectivity index (χ1) is 15.5. The maximum atomic E-state index is 8.01. The lowest BCUT2D eigenvalue weighted by Gasteiger charge is -2.16. The molecule has 32 heavy (non-hydrogen) atoms. The standard InChI is InChI=1S/C28H21N3O/c1-15-2-7-22(25(31)12-15)26-23-8-3-16-13-18(29)5-10-20(16)27(23)32-28-21-11-6-19(30)14-17(21)4-9-24(26)28/h2-14,29H,30-31H2,1H3. The van der Waals surface area contributed by atoms with Gasteiger partial charge in [-0.3, -0.25) is 0 Å². The highest BCUT2D eigenvalue weighted by Crippen LogP contribution is 2.43. The molecule has 0 fully saturated rings. The summed E-state index contributed by atoms with van der Waals surface area (Å²) < 4.78 is 6.64.